The van der Waals surface area contributed by atoms with Crippen LogP contribution >= 0.6 is 0 Å². The number of hydrogen-bond acceptors (Lipinski definition) is 4. The van der Waals surface area contributed by atoms with Crippen LogP contribution in [-0.2, 0) is 10.2 Å². The molecule has 2 aliphatic rings. The molecule has 31 heavy (non-hydrogen) atoms. The maximum absolute atomic E-state index is 13.0. The van der Waals surface area contributed by atoms with Crippen LogP contribution in [0.3, 0.4) is 0 Å². The number of benzene rings is 1. The number of nitrogens with one attached hydrogen (secondary N) is 3. The quantitative estimate of drug-likeness (QED) is 0.681. The fraction of sp³-hybridized carbons (Fsp3) is 0.542. The molecule has 0 radical (unpaired) electrons. The van der Waals surface area contributed by atoms with Gasteiger partial charge in [0.1, 0.15) is 5.82 Å². The van der Waals surface area contributed by atoms with Crippen molar-refractivity contribution in [2.75, 3.05) is 5.32 Å². The molecule has 0 bridgehead atoms. The van der Waals surface area contributed by atoms with Gasteiger partial charge >= 0.3 is 0 Å². The maximum atomic E-state index is 13.0. The van der Waals surface area contributed by atoms with E-state index in [-0.39, 0.29) is 23.3 Å². The van der Waals surface area contributed by atoms with Gasteiger partial charge in [-0.05, 0) is 41.9 Å². The van der Waals surface area contributed by atoms with Crippen molar-refractivity contribution in [2.45, 2.75) is 77.5 Å². The van der Waals surface area contributed by atoms with E-state index in [2.05, 4.69) is 50.6 Å². The molecule has 2 amide bonds. The highest BCUT2D eigenvalue weighted by atomic mass is 16.2. The summed E-state index contributed by atoms with van der Waals surface area (Å²) in [6.45, 7) is 10.6. The third kappa shape index (κ3) is 4.82. The van der Waals surface area contributed by atoms with Crippen LogP contribution in [0.25, 0.3) is 0 Å². The second-order valence-electron chi connectivity index (χ2n) is 10.1. The van der Waals surface area contributed by atoms with Crippen molar-refractivity contribution in [2.24, 2.45) is 5.92 Å². The van der Waals surface area contributed by atoms with E-state index in [1.165, 1.54) is 5.56 Å². The number of hydrogen-bond donors (Lipinski definition) is 3. The Bertz CT molecular complexity index is 967. The number of carbonyl (C=O) groups excluding carboxylic acids is 2. The summed E-state index contributed by atoms with van der Waals surface area (Å²) in [5.41, 5.74) is 2.76. The van der Waals surface area contributed by atoms with Crippen molar-refractivity contribution >= 4 is 17.6 Å². The normalized spacial score (nSPS) is 21.8. The molecule has 1 aromatic carbocycles. The van der Waals surface area contributed by atoms with Gasteiger partial charge in [-0.2, -0.15) is 5.10 Å². The largest absolute Gasteiger partial charge is 0.322 e. The minimum atomic E-state index is -0.486. The first-order valence-electron chi connectivity index (χ1n) is 11.2. The van der Waals surface area contributed by atoms with Crippen molar-refractivity contribution in [1.82, 2.24) is 20.4 Å². The van der Waals surface area contributed by atoms with Gasteiger partial charge in [-0.15, -0.1) is 0 Å². The van der Waals surface area contributed by atoms with Crippen LogP contribution in [0, 0.1) is 5.92 Å². The first kappa shape index (κ1) is 21.6. The van der Waals surface area contributed by atoms with E-state index in [9.17, 15) is 9.59 Å². The zero-order chi connectivity index (χ0) is 22.3. The van der Waals surface area contributed by atoms with Crippen LogP contribution in [0.2, 0.25) is 0 Å². The lowest BCUT2D eigenvalue weighted by atomic mass is 9.87. The number of carbonyl (C=O) groups is 2. The number of nitrogens with zero attached hydrogens (tertiary/aromatic N) is 2. The van der Waals surface area contributed by atoms with E-state index in [0.29, 0.717) is 29.6 Å². The summed E-state index contributed by atoms with van der Waals surface area (Å²) >= 11 is 0. The molecule has 0 spiro atoms. The smallest absolute Gasteiger partial charge is 0.256 e. The van der Waals surface area contributed by atoms with Gasteiger partial charge in [0, 0.05) is 30.0 Å². The summed E-state index contributed by atoms with van der Waals surface area (Å²) in [5, 5.41) is 14.2. The number of amides is 2. The third-order valence-corrected chi connectivity index (χ3v) is 6.13. The minimum Gasteiger partial charge on any atom is -0.322 e. The van der Waals surface area contributed by atoms with Gasteiger partial charge in [-0.3, -0.25) is 14.9 Å². The Morgan fingerprint density at radius 3 is 2.45 bits per heavy atom. The zero-order valence-corrected chi connectivity index (χ0v) is 19.0. The predicted octanol–water partition coefficient (Wildman–Crippen LogP) is 3.90. The second kappa shape index (κ2) is 8.11. The standard InChI is InChI=1S/C24H33N5O2/c1-14(2)18-13-21(30)27-23(25-18)29-20(12-19(28-29)15-6-7-15)26-22(31)16-8-10-17(11-9-16)24(3,4)5/h8-12,14-15,18,23,25H,6-7,13H2,1-5H3,(H,26,31)(H,27,30). The molecule has 1 aliphatic heterocycles. The molecule has 1 aromatic heterocycles. The van der Waals surface area contributed by atoms with Crippen molar-refractivity contribution < 1.29 is 9.59 Å². The van der Waals surface area contributed by atoms with Crippen molar-refractivity contribution in [3.8, 4) is 0 Å². The van der Waals surface area contributed by atoms with Gasteiger partial charge in [0.2, 0.25) is 5.91 Å². The molecule has 3 N–H and O–H groups in total. The van der Waals surface area contributed by atoms with Crippen molar-refractivity contribution in [3.63, 3.8) is 0 Å². The average molecular weight is 424 g/mol. The lowest BCUT2D eigenvalue weighted by Gasteiger charge is -2.34. The van der Waals surface area contributed by atoms with Crippen molar-refractivity contribution in [1.29, 1.82) is 0 Å². The molecule has 2 heterocycles. The van der Waals surface area contributed by atoms with Crippen LogP contribution in [0.15, 0.2) is 30.3 Å². The number of rotatable bonds is 5. The van der Waals surface area contributed by atoms with Crippen LogP contribution in [0.4, 0.5) is 5.82 Å². The Labute approximate surface area is 184 Å². The second-order valence-corrected chi connectivity index (χ2v) is 10.1. The topological polar surface area (TPSA) is 88.1 Å². The Morgan fingerprint density at radius 2 is 1.87 bits per heavy atom. The molecule has 1 saturated heterocycles. The molecule has 2 unspecified atom stereocenters. The van der Waals surface area contributed by atoms with Gasteiger partial charge in [-0.25, -0.2) is 4.68 Å². The van der Waals surface area contributed by atoms with E-state index >= 15 is 0 Å². The zero-order valence-electron chi connectivity index (χ0n) is 19.0. The van der Waals surface area contributed by atoms with Crippen LogP contribution in [0.5, 0.6) is 0 Å². The number of anilines is 1. The molecule has 2 fully saturated rings. The van der Waals surface area contributed by atoms with Gasteiger partial charge < -0.3 is 10.6 Å². The minimum absolute atomic E-state index is 0.0130. The monoisotopic (exact) mass is 423 g/mol. The summed E-state index contributed by atoms with van der Waals surface area (Å²) in [6, 6.07) is 9.70. The Morgan fingerprint density at radius 1 is 1.19 bits per heavy atom. The fourth-order valence-corrected chi connectivity index (χ4v) is 3.87. The van der Waals surface area contributed by atoms with E-state index in [4.69, 9.17) is 5.10 Å². The Balaban J connectivity index is 1.58. The maximum Gasteiger partial charge on any atom is 0.256 e. The summed E-state index contributed by atoms with van der Waals surface area (Å²) in [6.07, 6.45) is 2.17. The molecule has 1 aliphatic carbocycles. The third-order valence-electron chi connectivity index (χ3n) is 6.13. The highest BCUT2D eigenvalue weighted by Crippen LogP contribution is 2.40. The SMILES string of the molecule is CC(C)C1CC(=O)NC(n2nc(C3CC3)cc2NC(=O)c2ccc(C(C)(C)C)cc2)N1. The van der Waals surface area contributed by atoms with Gasteiger partial charge in [0.25, 0.3) is 5.91 Å². The predicted molar refractivity (Wildman–Crippen MR) is 121 cm³/mol. The van der Waals surface area contributed by atoms with E-state index in [0.717, 1.165) is 18.5 Å². The summed E-state index contributed by atoms with van der Waals surface area (Å²) in [4.78, 5) is 25.3. The number of aromatic nitrogens is 2. The first-order chi connectivity index (χ1) is 14.6. The summed E-state index contributed by atoms with van der Waals surface area (Å²) < 4.78 is 1.71. The van der Waals surface area contributed by atoms with Crippen LogP contribution < -0.4 is 16.0 Å². The molecular formula is C24H33N5O2. The molecule has 2 aromatic rings. The van der Waals surface area contributed by atoms with Gasteiger partial charge in [0.15, 0.2) is 6.29 Å². The first-order valence-corrected chi connectivity index (χ1v) is 11.2. The molecule has 166 valence electrons. The molecule has 7 nitrogen and oxygen atoms in total. The molecule has 2 atom stereocenters. The summed E-state index contributed by atoms with van der Waals surface area (Å²) in [7, 11) is 0. The van der Waals surface area contributed by atoms with E-state index in [1.54, 1.807) is 4.68 Å². The molecule has 4 rings (SSSR count). The average Bonchev–Trinajstić information content (AvgIpc) is 3.47. The molecule has 1 saturated carbocycles. The molecule has 7 heteroatoms. The van der Waals surface area contributed by atoms with Crippen LogP contribution in [-0.4, -0.2) is 27.6 Å². The van der Waals surface area contributed by atoms with Gasteiger partial charge in [0.05, 0.1) is 5.69 Å². The lowest BCUT2D eigenvalue weighted by Crippen LogP contribution is -2.55. The van der Waals surface area contributed by atoms with Gasteiger partial charge in [-0.1, -0.05) is 46.8 Å². The van der Waals surface area contributed by atoms with E-state index < -0.39 is 6.29 Å². The van der Waals surface area contributed by atoms with Crippen LogP contribution in [0.1, 0.15) is 87.7 Å². The lowest BCUT2D eigenvalue weighted by molar-refractivity contribution is -0.126. The Hall–Kier alpha value is -2.67. The highest BCUT2D eigenvalue weighted by Gasteiger charge is 2.33. The van der Waals surface area contributed by atoms with E-state index in [1.807, 2.05) is 30.3 Å². The highest BCUT2D eigenvalue weighted by molar-refractivity contribution is 6.03. The molecular weight excluding hydrogens is 390 g/mol. The Kier molecular flexibility index (Phi) is 5.64. The van der Waals surface area contributed by atoms with Crippen molar-refractivity contribution in [3.05, 3.63) is 47.2 Å². The summed E-state index contributed by atoms with van der Waals surface area (Å²) in [5.74, 6) is 1.14. The fourth-order valence-electron chi connectivity index (χ4n) is 3.87.